The predicted molar refractivity (Wildman–Crippen MR) is 98.9 cm³/mol. The van der Waals surface area contributed by atoms with Gasteiger partial charge in [0.25, 0.3) is 0 Å². The van der Waals surface area contributed by atoms with Crippen LogP contribution < -0.4 is 11.1 Å². The molecule has 0 radical (unpaired) electrons. The Bertz CT molecular complexity index is 429. The molecule has 3 atom stereocenters. The number of hydrogen-bond acceptors (Lipinski definition) is 3. The lowest BCUT2D eigenvalue weighted by Crippen LogP contribution is -2.49. The van der Waals surface area contributed by atoms with Gasteiger partial charge in [0.05, 0.1) is 0 Å². The number of aliphatic imine (C=N–C) groups is 1. The Morgan fingerprint density at radius 1 is 1.25 bits per heavy atom. The summed E-state index contributed by atoms with van der Waals surface area (Å²) in [6, 6.07) is 0. The topological polar surface area (TPSA) is 74.0 Å². The van der Waals surface area contributed by atoms with Gasteiger partial charge < -0.3 is 20.9 Å². The van der Waals surface area contributed by atoms with Gasteiger partial charge in [-0.2, -0.15) is 0 Å². The third-order valence-electron chi connectivity index (χ3n) is 5.18. The molecule has 0 aliphatic carbocycles. The van der Waals surface area contributed by atoms with E-state index in [4.69, 9.17) is 5.73 Å². The summed E-state index contributed by atoms with van der Waals surface area (Å²) in [7, 11) is 1.84. The lowest BCUT2D eigenvalue weighted by Gasteiger charge is -2.36. The molecule has 3 unspecified atom stereocenters. The first-order valence-corrected chi connectivity index (χ1v) is 9.44. The number of nitrogens with one attached hydrogen (secondary N) is 1. The van der Waals surface area contributed by atoms with Gasteiger partial charge in [0.1, 0.15) is 0 Å². The molecule has 0 aromatic rings. The predicted octanol–water partition coefficient (Wildman–Crippen LogP) is 1.13. The summed E-state index contributed by atoms with van der Waals surface area (Å²) in [4.78, 5) is 20.4. The standard InChI is InChI=1S/C18H35N5O/c1-14-9-15(2)12-22(11-14)8-6-21-18(20-3)23-7-4-5-16(13-23)10-17(19)24/h14-16H,4-13H2,1-3H3,(H2,19,24)(H,20,21). The van der Waals surface area contributed by atoms with Crippen molar-refractivity contribution in [1.82, 2.24) is 15.1 Å². The number of nitrogens with two attached hydrogens (primary N) is 1. The highest BCUT2D eigenvalue weighted by Crippen LogP contribution is 2.21. The van der Waals surface area contributed by atoms with E-state index < -0.39 is 0 Å². The zero-order valence-corrected chi connectivity index (χ0v) is 15.6. The molecule has 2 aliphatic heterocycles. The first-order valence-electron chi connectivity index (χ1n) is 9.44. The molecule has 2 aliphatic rings. The number of amides is 1. The molecule has 138 valence electrons. The van der Waals surface area contributed by atoms with E-state index in [2.05, 4.69) is 34.0 Å². The van der Waals surface area contributed by atoms with Crippen molar-refractivity contribution in [2.75, 3.05) is 46.3 Å². The number of primary amides is 1. The van der Waals surface area contributed by atoms with E-state index in [1.165, 1.54) is 19.5 Å². The summed E-state index contributed by atoms with van der Waals surface area (Å²) in [5.41, 5.74) is 5.35. The fourth-order valence-electron chi connectivity index (χ4n) is 4.34. The van der Waals surface area contributed by atoms with Gasteiger partial charge in [-0.1, -0.05) is 13.8 Å². The van der Waals surface area contributed by atoms with Crippen LogP contribution in [0.15, 0.2) is 4.99 Å². The van der Waals surface area contributed by atoms with Crippen molar-refractivity contribution < 1.29 is 4.79 Å². The minimum atomic E-state index is -0.196. The average Bonchev–Trinajstić information content (AvgIpc) is 2.50. The molecule has 3 N–H and O–H groups in total. The van der Waals surface area contributed by atoms with Crippen molar-refractivity contribution >= 4 is 11.9 Å². The van der Waals surface area contributed by atoms with Gasteiger partial charge in [0, 0.05) is 52.7 Å². The molecular formula is C18H35N5O. The number of likely N-dealkylation sites (tertiary alicyclic amines) is 2. The van der Waals surface area contributed by atoms with Crippen molar-refractivity contribution in [2.45, 2.75) is 39.5 Å². The van der Waals surface area contributed by atoms with Crippen molar-refractivity contribution in [3.05, 3.63) is 0 Å². The van der Waals surface area contributed by atoms with E-state index in [-0.39, 0.29) is 5.91 Å². The maximum Gasteiger partial charge on any atom is 0.217 e. The highest BCUT2D eigenvalue weighted by Gasteiger charge is 2.24. The third kappa shape index (κ3) is 5.96. The highest BCUT2D eigenvalue weighted by atomic mass is 16.1. The van der Waals surface area contributed by atoms with E-state index in [1.807, 2.05) is 7.05 Å². The maximum atomic E-state index is 11.2. The van der Waals surface area contributed by atoms with Crippen LogP contribution in [0.1, 0.15) is 39.5 Å². The van der Waals surface area contributed by atoms with Crippen LogP contribution in [-0.2, 0) is 4.79 Å². The van der Waals surface area contributed by atoms with Crippen LogP contribution in [0.5, 0.6) is 0 Å². The molecule has 2 saturated heterocycles. The van der Waals surface area contributed by atoms with Crippen LogP contribution in [-0.4, -0.2) is 68.0 Å². The van der Waals surface area contributed by atoms with E-state index in [9.17, 15) is 4.79 Å². The molecule has 1 amide bonds. The van der Waals surface area contributed by atoms with E-state index >= 15 is 0 Å². The summed E-state index contributed by atoms with van der Waals surface area (Å²) < 4.78 is 0. The van der Waals surface area contributed by atoms with Crippen LogP contribution >= 0.6 is 0 Å². The largest absolute Gasteiger partial charge is 0.370 e. The second kappa shape index (κ2) is 9.25. The summed E-state index contributed by atoms with van der Waals surface area (Å²) >= 11 is 0. The monoisotopic (exact) mass is 337 g/mol. The van der Waals surface area contributed by atoms with E-state index in [1.54, 1.807) is 0 Å². The van der Waals surface area contributed by atoms with Crippen molar-refractivity contribution in [1.29, 1.82) is 0 Å². The molecule has 2 rings (SSSR count). The molecular weight excluding hydrogens is 302 g/mol. The highest BCUT2D eigenvalue weighted by molar-refractivity contribution is 5.80. The number of carbonyl (C=O) groups is 1. The van der Waals surface area contributed by atoms with Crippen molar-refractivity contribution in [3.8, 4) is 0 Å². The number of hydrogen-bond donors (Lipinski definition) is 2. The van der Waals surface area contributed by atoms with Gasteiger partial charge in [0.2, 0.25) is 5.91 Å². The van der Waals surface area contributed by atoms with Crippen LogP contribution in [0, 0.1) is 17.8 Å². The summed E-state index contributed by atoms with van der Waals surface area (Å²) in [6.07, 6.45) is 4.01. The minimum Gasteiger partial charge on any atom is -0.370 e. The van der Waals surface area contributed by atoms with Crippen LogP contribution in [0.25, 0.3) is 0 Å². The van der Waals surface area contributed by atoms with Gasteiger partial charge in [-0.25, -0.2) is 0 Å². The number of guanidine groups is 1. The normalized spacial score (nSPS) is 29.5. The first kappa shape index (κ1) is 19.0. The Kier molecular flexibility index (Phi) is 7.34. The summed E-state index contributed by atoms with van der Waals surface area (Å²) in [5.74, 6) is 2.72. The van der Waals surface area contributed by atoms with Crippen LogP contribution in [0.4, 0.5) is 0 Å². The van der Waals surface area contributed by atoms with Gasteiger partial charge in [-0.15, -0.1) is 0 Å². The Hall–Kier alpha value is -1.30. The molecule has 2 fully saturated rings. The molecule has 24 heavy (non-hydrogen) atoms. The lowest BCUT2D eigenvalue weighted by atomic mass is 9.92. The molecule has 0 aromatic heterocycles. The van der Waals surface area contributed by atoms with Crippen LogP contribution in [0.2, 0.25) is 0 Å². The van der Waals surface area contributed by atoms with Gasteiger partial charge in [0.15, 0.2) is 5.96 Å². The van der Waals surface area contributed by atoms with E-state index in [0.717, 1.165) is 56.8 Å². The SMILES string of the molecule is CN=C(NCCN1CC(C)CC(C)C1)N1CCCC(CC(N)=O)C1. The minimum absolute atomic E-state index is 0.196. The molecule has 2 heterocycles. The van der Waals surface area contributed by atoms with Crippen LogP contribution in [0.3, 0.4) is 0 Å². The fraction of sp³-hybridized carbons (Fsp3) is 0.889. The fourth-order valence-corrected chi connectivity index (χ4v) is 4.34. The Morgan fingerprint density at radius 2 is 1.96 bits per heavy atom. The zero-order chi connectivity index (χ0) is 17.5. The second-order valence-corrected chi connectivity index (χ2v) is 7.80. The van der Waals surface area contributed by atoms with Crippen molar-refractivity contribution in [2.24, 2.45) is 28.5 Å². The third-order valence-corrected chi connectivity index (χ3v) is 5.18. The molecule has 6 heteroatoms. The second-order valence-electron chi connectivity index (χ2n) is 7.80. The molecule has 0 spiro atoms. The van der Waals surface area contributed by atoms with Gasteiger partial charge in [-0.05, 0) is 37.0 Å². The van der Waals surface area contributed by atoms with Crippen molar-refractivity contribution in [3.63, 3.8) is 0 Å². The van der Waals surface area contributed by atoms with E-state index in [0.29, 0.717) is 12.3 Å². The number of nitrogens with zero attached hydrogens (tertiary/aromatic N) is 3. The average molecular weight is 338 g/mol. The molecule has 0 aromatic carbocycles. The molecule has 0 bridgehead atoms. The molecule has 0 saturated carbocycles. The quantitative estimate of drug-likeness (QED) is 0.582. The molecule has 6 nitrogen and oxygen atoms in total. The zero-order valence-electron chi connectivity index (χ0n) is 15.6. The first-order chi connectivity index (χ1) is 11.5. The van der Waals surface area contributed by atoms with Gasteiger partial charge in [-0.3, -0.25) is 9.79 Å². The van der Waals surface area contributed by atoms with Gasteiger partial charge >= 0.3 is 0 Å². The lowest BCUT2D eigenvalue weighted by molar-refractivity contribution is -0.119. The summed E-state index contributed by atoms with van der Waals surface area (Å²) in [5, 5.41) is 3.51. The number of rotatable bonds is 5. The Morgan fingerprint density at radius 3 is 2.58 bits per heavy atom. The smallest absolute Gasteiger partial charge is 0.217 e. The summed E-state index contributed by atoms with van der Waals surface area (Å²) in [6.45, 7) is 11.0. The Balaban J connectivity index is 1.76. The Labute approximate surface area is 146 Å². The maximum absolute atomic E-state index is 11.2. The number of carbonyl (C=O) groups excluding carboxylic acids is 1. The number of piperidine rings is 2.